The summed E-state index contributed by atoms with van der Waals surface area (Å²) in [5.74, 6) is 0.359. The average molecular weight is 347 g/mol. The second-order valence-electron chi connectivity index (χ2n) is 7.53. The van der Waals surface area contributed by atoms with Crippen LogP contribution in [0.1, 0.15) is 61.0 Å². The summed E-state index contributed by atoms with van der Waals surface area (Å²) in [7, 11) is 0. The lowest BCUT2D eigenvalue weighted by molar-refractivity contribution is -0.149. The quantitative estimate of drug-likeness (QED) is 0.826. The number of likely N-dealkylation sites (tertiary alicyclic amines) is 2. The molecule has 0 N–H and O–H groups in total. The van der Waals surface area contributed by atoms with Crippen molar-refractivity contribution >= 4 is 23.3 Å². The number of piperidine rings is 1. The van der Waals surface area contributed by atoms with Crippen molar-refractivity contribution in [2.45, 2.75) is 57.4 Å². The van der Waals surface area contributed by atoms with E-state index < -0.39 is 0 Å². The first-order valence-corrected chi connectivity index (χ1v) is 9.98. The highest BCUT2D eigenvalue weighted by Crippen LogP contribution is 2.42. The molecule has 4 rings (SSSR count). The van der Waals surface area contributed by atoms with Crippen LogP contribution in [0.2, 0.25) is 0 Å². The van der Waals surface area contributed by atoms with Crippen LogP contribution in [-0.2, 0) is 4.79 Å². The Hall–Kier alpha value is -1.43. The summed E-state index contributed by atoms with van der Waals surface area (Å²) >= 11 is 1.24. The summed E-state index contributed by atoms with van der Waals surface area (Å²) in [6.45, 7) is 2.20. The molecule has 5 nitrogen and oxygen atoms in total. The molecule has 24 heavy (non-hydrogen) atoms. The molecule has 1 aliphatic carbocycles. The summed E-state index contributed by atoms with van der Waals surface area (Å²) in [4.78, 5) is 30.6. The fourth-order valence-electron chi connectivity index (χ4n) is 4.75. The summed E-state index contributed by atoms with van der Waals surface area (Å²) in [5.41, 5.74) is -0.323. The van der Waals surface area contributed by atoms with E-state index in [4.69, 9.17) is 0 Å². The minimum atomic E-state index is -0.323. The molecule has 6 heteroatoms. The lowest BCUT2D eigenvalue weighted by Crippen LogP contribution is -2.54. The minimum absolute atomic E-state index is 0.0389. The Labute approximate surface area is 147 Å². The molecular weight excluding hydrogens is 322 g/mol. The van der Waals surface area contributed by atoms with E-state index in [-0.39, 0.29) is 11.3 Å². The summed E-state index contributed by atoms with van der Waals surface area (Å²) in [6, 6.07) is 2.21. The van der Waals surface area contributed by atoms with Gasteiger partial charge in [0, 0.05) is 31.9 Å². The number of amides is 2. The van der Waals surface area contributed by atoms with Gasteiger partial charge in [-0.2, -0.15) is 0 Å². The first-order chi connectivity index (χ1) is 11.7. The smallest absolute Gasteiger partial charge is 0.265 e. The normalized spacial score (nSPS) is 28.8. The number of aromatic nitrogens is 1. The third-order valence-corrected chi connectivity index (χ3v) is 6.81. The SMILES string of the molecule is O=C(c1ccns1)N1CCC2(CCCN(C3CCCCC3)C2=O)C1. The molecule has 1 aromatic heterocycles. The maximum Gasteiger partial charge on any atom is 0.265 e. The van der Waals surface area contributed by atoms with Crippen LogP contribution in [0.5, 0.6) is 0 Å². The first kappa shape index (κ1) is 16.1. The highest BCUT2D eigenvalue weighted by molar-refractivity contribution is 7.08. The number of carbonyl (C=O) groups is 2. The van der Waals surface area contributed by atoms with Gasteiger partial charge in [0.15, 0.2) is 0 Å². The van der Waals surface area contributed by atoms with Crippen LogP contribution in [0.15, 0.2) is 12.3 Å². The fourth-order valence-corrected chi connectivity index (χ4v) is 5.31. The van der Waals surface area contributed by atoms with E-state index in [1.165, 1.54) is 30.8 Å². The van der Waals surface area contributed by atoms with Crippen molar-refractivity contribution in [2.24, 2.45) is 5.41 Å². The van der Waals surface area contributed by atoms with Gasteiger partial charge < -0.3 is 9.80 Å². The molecular formula is C18H25N3O2S. The number of hydrogen-bond donors (Lipinski definition) is 0. The molecule has 3 heterocycles. The third-order valence-electron chi connectivity index (χ3n) is 6.07. The van der Waals surface area contributed by atoms with E-state index in [1.54, 1.807) is 12.3 Å². The zero-order valence-electron chi connectivity index (χ0n) is 14.1. The van der Waals surface area contributed by atoms with Crippen LogP contribution >= 0.6 is 11.5 Å². The molecule has 0 bridgehead atoms. The van der Waals surface area contributed by atoms with E-state index in [2.05, 4.69) is 9.27 Å². The molecule has 0 radical (unpaired) electrons. The van der Waals surface area contributed by atoms with Gasteiger partial charge in [-0.05, 0) is 49.7 Å². The molecule has 1 atom stereocenters. The van der Waals surface area contributed by atoms with Crippen molar-refractivity contribution in [3.8, 4) is 0 Å². The molecule has 130 valence electrons. The van der Waals surface area contributed by atoms with Crippen LogP contribution in [0.3, 0.4) is 0 Å². The van der Waals surface area contributed by atoms with Gasteiger partial charge >= 0.3 is 0 Å². The van der Waals surface area contributed by atoms with Gasteiger partial charge in [-0.15, -0.1) is 0 Å². The highest BCUT2D eigenvalue weighted by atomic mass is 32.1. The van der Waals surface area contributed by atoms with E-state index >= 15 is 0 Å². The molecule has 2 saturated heterocycles. The van der Waals surface area contributed by atoms with Crippen molar-refractivity contribution < 1.29 is 9.59 Å². The number of hydrogen-bond acceptors (Lipinski definition) is 4. The van der Waals surface area contributed by atoms with Gasteiger partial charge in [-0.1, -0.05) is 19.3 Å². The third kappa shape index (κ3) is 2.75. The highest BCUT2D eigenvalue weighted by Gasteiger charge is 2.50. The average Bonchev–Trinajstić information content (AvgIpc) is 3.29. The number of carbonyl (C=O) groups excluding carboxylic acids is 2. The summed E-state index contributed by atoms with van der Waals surface area (Å²) in [6.07, 6.45) is 10.6. The Morgan fingerprint density at radius 3 is 2.75 bits per heavy atom. The molecule has 1 spiro atoms. The van der Waals surface area contributed by atoms with Crippen LogP contribution in [0.4, 0.5) is 0 Å². The van der Waals surface area contributed by atoms with Crippen molar-refractivity contribution in [1.82, 2.24) is 14.2 Å². The molecule has 3 aliphatic rings. The summed E-state index contributed by atoms with van der Waals surface area (Å²) in [5, 5.41) is 0. The zero-order chi connectivity index (χ0) is 16.6. The Kier molecular flexibility index (Phi) is 4.33. The zero-order valence-corrected chi connectivity index (χ0v) is 14.9. The fraction of sp³-hybridized carbons (Fsp3) is 0.722. The Bertz CT molecular complexity index is 612. The second kappa shape index (κ2) is 6.47. The van der Waals surface area contributed by atoms with Gasteiger partial charge in [-0.3, -0.25) is 9.59 Å². The van der Waals surface area contributed by atoms with Gasteiger partial charge in [0.25, 0.3) is 5.91 Å². The van der Waals surface area contributed by atoms with Gasteiger partial charge in [0.1, 0.15) is 4.88 Å². The van der Waals surface area contributed by atoms with Crippen LogP contribution in [0, 0.1) is 5.41 Å². The number of nitrogens with zero attached hydrogens (tertiary/aromatic N) is 3. The van der Waals surface area contributed by atoms with E-state index in [0.717, 1.165) is 38.6 Å². The van der Waals surface area contributed by atoms with Gasteiger partial charge in [0.2, 0.25) is 5.91 Å². The lowest BCUT2D eigenvalue weighted by Gasteiger charge is -2.44. The topological polar surface area (TPSA) is 53.5 Å². The van der Waals surface area contributed by atoms with Gasteiger partial charge in [-0.25, -0.2) is 4.37 Å². The number of rotatable bonds is 2. The maximum absolute atomic E-state index is 13.3. The minimum Gasteiger partial charge on any atom is -0.339 e. The monoisotopic (exact) mass is 347 g/mol. The van der Waals surface area contributed by atoms with Crippen LogP contribution in [-0.4, -0.2) is 51.7 Å². The lowest BCUT2D eigenvalue weighted by atomic mass is 9.77. The van der Waals surface area contributed by atoms with E-state index in [0.29, 0.717) is 29.9 Å². The Balaban J connectivity index is 1.48. The Morgan fingerprint density at radius 1 is 1.17 bits per heavy atom. The molecule has 2 aliphatic heterocycles. The molecule has 0 aromatic carbocycles. The maximum atomic E-state index is 13.3. The van der Waals surface area contributed by atoms with Crippen LogP contribution in [0.25, 0.3) is 0 Å². The largest absolute Gasteiger partial charge is 0.339 e. The first-order valence-electron chi connectivity index (χ1n) is 9.21. The summed E-state index contributed by atoms with van der Waals surface area (Å²) < 4.78 is 4.03. The second-order valence-corrected chi connectivity index (χ2v) is 8.36. The van der Waals surface area contributed by atoms with Crippen molar-refractivity contribution in [3.05, 3.63) is 17.1 Å². The molecule has 1 saturated carbocycles. The predicted molar refractivity (Wildman–Crippen MR) is 92.9 cm³/mol. The molecule has 1 unspecified atom stereocenters. The predicted octanol–water partition coefficient (Wildman–Crippen LogP) is 2.93. The van der Waals surface area contributed by atoms with E-state index in [1.807, 2.05) is 4.90 Å². The van der Waals surface area contributed by atoms with Gasteiger partial charge in [0.05, 0.1) is 5.41 Å². The van der Waals surface area contributed by atoms with Crippen molar-refractivity contribution in [2.75, 3.05) is 19.6 Å². The van der Waals surface area contributed by atoms with Crippen LogP contribution < -0.4 is 0 Å². The Morgan fingerprint density at radius 2 is 2.00 bits per heavy atom. The molecule has 1 aromatic rings. The van der Waals surface area contributed by atoms with E-state index in [9.17, 15) is 9.59 Å². The molecule has 3 fully saturated rings. The van der Waals surface area contributed by atoms with Crippen molar-refractivity contribution in [1.29, 1.82) is 0 Å². The van der Waals surface area contributed by atoms with Crippen molar-refractivity contribution in [3.63, 3.8) is 0 Å². The standard InChI is InChI=1S/C18H25N3O2S/c22-16(15-7-10-19-24-15)20-12-9-18(13-20)8-4-11-21(17(18)23)14-5-2-1-3-6-14/h7,10,14H,1-6,8-9,11-13H2. The molecule has 2 amide bonds.